The molecule has 2 aromatic rings. The van der Waals surface area contributed by atoms with Crippen molar-refractivity contribution >= 4 is 5.78 Å². The molecule has 2 aromatic heterocycles. The Hall–Kier alpha value is -2.87. The van der Waals surface area contributed by atoms with E-state index in [1.165, 1.54) is 0 Å². The lowest BCUT2D eigenvalue weighted by Crippen LogP contribution is -2.46. The standard InChI is InChI=1S/C21H20N4O/c1-12-17-7-6-16-13(2)24-20(14-5-4-8-23-11-14)25-19(16)21(17,3)9-15(10-22)18(12)26/h4-5,8-9,11-12,17H,6-7H2,1-3H3/t12-,17-,21-/m1/s1. The molecule has 0 saturated heterocycles. The van der Waals surface area contributed by atoms with Crippen LogP contribution in [0.4, 0.5) is 0 Å². The van der Waals surface area contributed by atoms with Crippen LogP contribution in [0, 0.1) is 30.1 Å². The Morgan fingerprint density at radius 2 is 2.15 bits per heavy atom. The van der Waals surface area contributed by atoms with Gasteiger partial charge in [0, 0.05) is 35.0 Å². The van der Waals surface area contributed by atoms with Crippen molar-refractivity contribution in [3.63, 3.8) is 0 Å². The molecule has 0 saturated carbocycles. The number of Topliss-reactive ketones (excluding diaryl/α,β-unsaturated/α-hetero) is 1. The Labute approximate surface area is 152 Å². The van der Waals surface area contributed by atoms with Crippen molar-refractivity contribution in [1.29, 1.82) is 5.26 Å². The maximum Gasteiger partial charge on any atom is 0.176 e. The number of nitriles is 1. The predicted molar refractivity (Wildman–Crippen MR) is 97.0 cm³/mol. The molecule has 2 aliphatic carbocycles. The van der Waals surface area contributed by atoms with E-state index in [-0.39, 0.29) is 23.2 Å². The fourth-order valence-electron chi connectivity index (χ4n) is 4.57. The van der Waals surface area contributed by atoms with E-state index in [9.17, 15) is 10.1 Å². The number of carbonyl (C=O) groups is 1. The van der Waals surface area contributed by atoms with Crippen LogP contribution in [0.1, 0.15) is 37.2 Å². The average Bonchev–Trinajstić information content (AvgIpc) is 2.65. The van der Waals surface area contributed by atoms with Crippen LogP contribution >= 0.6 is 0 Å². The van der Waals surface area contributed by atoms with Crippen molar-refractivity contribution in [3.8, 4) is 17.5 Å². The third kappa shape index (κ3) is 2.29. The first-order valence-electron chi connectivity index (χ1n) is 8.91. The summed E-state index contributed by atoms with van der Waals surface area (Å²) in [6.45, 7) is 6.06. The summed E-state index contributed by atoms with van der Waals surface area (Å²) < 4.78 is 0. The van der Waals surface area contributed by atoms with E-state index in [0.717, 1.165) is 35.4 Å². The van der Waals surface area contributed by atoms with Gasteiger partial charge in [-0.1, -0.05) is 19.9 Å². The van der Waals surface area contributed by atoms with E-state index in [4.69, 9.17) is 9.97 Å². The van der Waals surface area contributed by atoms with Crippen molar-refractivity contribution in [2.75, 3.05) is 0 Å². The molecule has 130 valence electrons. The smallest absolute Gasteiger partial charge is 0.176 e. The molecule has 0 N–H and O–H groups in total. The molecule has 4 rings (SSSR count). The van der Waals surface area contributed by atoms with E-state index in [0.29, 0.717) is 5.82 Å². The van der Waals surface area contributed by atoms with Crippen LogP contribution in [0.3, 0.4) is 0 Å². The Kier molecular flexibility index (Phi) is 3.73. The van der Waals surface area contributed by atoms with Crippen molar-refractivity contribution in [1.82, 2.24) is 15.0 Å². The number of hydrogen-bond donors (Lipinski definition) is 0. The summed E-state index contributed by atoms with van der Waals surface area (Å²) in [6, 6.07) is 5.91. The highest BCUT2D eigenvalue weighted by Gasteiger charge is 2.49. The molecule has 0 radical (unpaired) electrons. The first-order valence-corrected chi connectivity index (χ1v) is 8.91. The molecule has 3 atom stereocenters. The number of aromatic nitrogens is 3. The topological polar surface area (TPSA) is 79.5 Å². The van der Waals surface area contributed by atoms with Gasteiger partial charge in [0.25, 0.3) is 0 Å². The summed E-state index contributed by atoms with van der Waals surface area (Å²) in [5.41, 5.74) is 3.75. The first-order chi connectivity index (χ1) is 12.5. The summed E-state index contributed by atoms with van der Waals surface area (Å²) in [4.78, 5) is 26.3. The zero-order chi connectivity index (χ0) is 18.5. The summed E-state index contributed by atoms with van der Waals surface area (Å²) in [7, 11) is 0. The minimum absolute atomic E-state index is 0.0447. The quantitative estimate of drug-likeness (QED) is 0.793. The lowest BCUT2D eigenvalue weighted by atomic mass is 9.57. The number of hydrogen-bond acceptors (Lipinski definition) is 5. The number of allylic oxidation sites excluding steroid dienone is 2. The molecule has 5 heteroatoms. The maximum atomic E-state index is 12.5. The summed E-state index contributed by atoms with van der Waals surface area (Å²) in [5.74, 6) is 0.574. The molecular formula is C21H20N4O. The van der Waals surface area contributed by atoms with Gasteiger partial charge in [-0.2, -0.15) is 5.26 Å². The van der Waals surface area contributed by atoms with Gasteiger partial charge in [-0.3, -0.25) is 9.78 Å². The van der Waals surface area contributed by atoms with Gasteiger partial charge >= 0.3 is 0 Å². The number of pyridine rings is 1. The monoisotopic (exact) mass is 344 g/mol. The molecule has 5 nitrogen and oxygen atoms in total. The van der Waals surface area contributed by atoms with Crippen molar-refractivity contribution in [3.05, 3.63) is 53.1 Å². The van der Waals surface area contributed by atoms with Gasteiger partial charge in [-0.25, -0.2) is 9.97 Å². The summed E-state index contributed by atoms with van der Waals surface area (Å²) in [6.07, 6.45) is 7.09. The molecule has 2 aliphatic rings. The zero-order valence-corrected chi connectivity index (χ0v) is 15.2. The number of fused-ring (bicyclic) bond motifs is 3. The van der Waals surface area contributed by atoms with Crippen LogP contribution in [0.15, 0.2) is 36.2 Å². The zero-order valence-electron chi connectivity index (χ0n) is 15.2. The highest BCUT2D eigenvalue weighted by molar-refractivity contribution is 6.02. The molecule has 0 unspecified atom stereocenters. The summed E-state index contributed by atoms with van der Waals surface area (Å²) >= 11 is 0. The molecule has 0 amide bonds. The number of nitrogens with zero attached hydrogens (tertiary/aromatic N) is 4. The highest BCUT2D eigenvalue weighted by Crippen LogP contribution is 2.49. The number of ketones is 1. The molecular weight excluding hydrogens is 324 g/mol. The van der Waals surface area contributed by atoms with Crippen LogP contribution in [-0.2, 0) is 16.6 Å². The highest BCUT2D eigenvalue weighted by atomic mass is 16.1. The maximum absolute atomic E-state index is 12.5. The second-order valence-corrected chi connectivity index (χ2v) is 7.45. The van der Waals surface area contributed by atoms with Crippen LogP contribution in [0.25, 0.3) is 11.4 Å². The van der Waals surface area contributed by atoms with E-state index in [2.05, 4.69) is 18.0 Å². The van der Waals surface area contributed by atoms with E-state index in [1.54, 1.807) is 12.4 Å². The molecule has 0 spiro atoms. The van der Waals surface area contributed by atoms with Gasteiger partial charge in [-0.05, 0) is 43.4 Å². The number of rotatable bonds is 1. The first kappa shape index (κ1) is 16.6. The van der Waals surface area contributed by atoms with E-state index < -0.39 is 5.41 Å². The Morgan fingerprint density at radius 1 is 1.35 bits per heavy atom. The SMILES string of the molecule is Cc1nc(-c2cccnc2)nc2c1CC[C@@H]1[C@@H](C)C(=O)C(C#N)=C[C@@]21C. The molecule has 0 aliphatic heterocycles. The fraction of sp³-hybridized carbons (Fsp3) is 0.381. The van der Waals surface area contributed by atoms with Gasteiger partial charge in [0.1, 0.15) is 6.07 Å². The number of carbonyl (C=O) groups excluding carboxylic acids is 1. The largest absolute Gasteiger partial charge is 0.293 e. The Balaban J connectivity index is 1.96. The van der Waals surface area contributed by atoms with Gasteiger partial charge < -0.3 is 0 Å². The van der Waals surface area contributed by atoms with Gasteiger partial charge in [-0.15, -0.1) is 0 Å². The second-order valence-electron chi connectivity index (χ2n) is 7.45. The second kappa shape index (κ2) is 5.84. The fourth-order valence-corrected chi connectivity index (χ4v) is 4.57. The van der Waals surface area contributed by atoms with Gasteiger partial charge in [0.2, 0.25) is 0 Å². The molecule has 26 heavy (non-hydrogen) atoms. The Bertz CT molecular complexity index is 973. The molecule has 0 bridgehead atoms. The average molecular weight is 344 g/mol. The lowest BCUT2D eigenvalue weighted by molar-refractivity contribution is -0.121. The minimum atomic E-state index is -0.434. The third-order valence-electron chi connectivity index (χ3n) is 5.97. The lowest BCUT2D eigenvalue weighted by Gasteiger charge is -2.45. The Morgan fingerprint density at radius 3 is 2.85 bits per heavy atom. The number of aryl methyl sites for hydroxylation is 1. The predicted octanol–water partition coefficient (Wildman–Crippen LogP) is 3.34. The van der Waals surface area contributed by atoms with Crippen LogP contribution in [0.2, 0.25) is 0 Å². The van der Waals surface area contributed by atoms with Crippen LogP contribution < -0.4 is 0 Å². The van der Waals surface area contributed by atoms with Gasteiger partial charge in [0.05, 0.1) is 11.3 Å². The molecule has 2 heterocycles. The van der Waals surface area contributed by atoms with E-state index >= 15 is 0 Å². The molecule has 0 fully saturated rings. The van der Waals surface area contributed by atoms with Crippen LogP contribution in [0.5, 0.6) is 0 Å². The summed E-state index contributed by atoms with van der Waals surface area (Å²) in [5, 5.41) is 9.44. The van der Waals surface area contributed by atoms with E-state index in [1.807, 2.05) is 32.1 Å². The minimum Gasteiger partial charge on any atom is -0.293 e. The van der Waals surface area contributed by atoms with Crippen molar-refractivity contribution in [2.45, 2.75) is 39.0 Å². The van der Waals surface area contributed by atoms with Crippen LogP contribution in [-0.4, -0.2) is 20.7 Å². The third-order valence-corrected chi connectivity index (χ3v) is 5.97. The van der Waals surface area contributed by atoms with Crippen molar-refractivity contribution < 1.29 is 4.79 Å². The van der Waals surface area contributed by atoms with Gasteiger partial charge in [0.15, 0.2) is 11.6 Å². The normalized spacial score (nSPS) is 27.2. The molecule has 0 aromatic carbocycles. The van der Waals surface area contributed by atoms with Crippen molar-refractivity contribution in [2.24, 2.45) is 11.8 Å².